The molecule has 140 valence electrons. The summed E-state index contributed by atoms with van der Waals surface area (Å²) in [4.78, 5) is 19.6. The summed E-state index contributed by atoms with van der Waals surface area (Å²) in [6.45, 7) is 0. The highest BCUT2D eigenvalue weighted by Crippen LogP contribution is 2.32. The van der Waals surface area contributed by atoms with Crippen LogP contribution < -0.4 is 10.3 Å². The van der Waals surface area contributed by atoms with Crippen molar-refractivity contribution >= 4 is 56.6 Å². The van der Waals surface area contributed by atoms with Crippen LogP contribution in [-0.4, -0.2) is 66.9 Å². The normalized spacial score (nSPS) is 18.7. The third-order valence-electron chi connectivity index (χ3n) is 3.93. The van der Waals surface area contributed by atoms with E-state index in [-0.39, 0.29) is 11.8 Å². The Bertz CT molecular complexity index is 686. The van der Waals surface area contributed by atoms with Crippen molar-refractivity contribution in [1.29, 1.82) is 0 Å². The van der Waals surface area contributed by atoms with Crippen LogP contribution in [0.2, 0.25) is 0 Å². The summed E-state index contributed by atoms with van der Waals surface area (Å²) in [5, 5.41) is 1.19. The molecule has 0 bridgehead atoms. The average molecular weight is 406 g/mol. The number of hydrogen-bond donors (Lipinski definition) is 2. The lowest BCUT2D eigenvalue weighted by atomic mass is 10.4. The smallest absolute Gasteiger partial charge is 0.263 e. The lowest BCUT2D eigenvalue weighted by molar-refractivity contribution is -0.122. The first kappa shape index (κ1) is 20.1. The number of nitrogens with one attached hydrogen (secondary N) is 2. The Balaban J connectivity index is 2.04. The number of thiocarbonyl (C=S) groups is 2. The second-order valence-corrected chi connectivity index (χ2v) is 8.90. The van der Waals surface area contributed by atoms with E-state index in [4.69, 9.17) is 24.4 Å². The zero-order valence-electron chi connectivity index (χ0n) is 14.4. The van der Waals surface area contributed by atoms with E-state index in [1.54, 1.807) is 7.05 Å². The van der Waals surface area contributed by atoms with Crippen molar-refractivity contribution < 1.29 is 13.2 Å². The molecule has 2 rings (SSSR count). The van der Waals surface area contributed by atoms with Crippen LogP contribution in [0, 0.1) is 11.8 Å². The molecule has 0 spiro atoms. The van der Waals surface area contributed by atoms with Crippen molar-refractivity contribution in [2.24, 2.45) is 16.8 Å². The van der Waals surface area contributed by atoms with Gasteiger partial charge in [-0.3, -0.25) is 25.2 Å². The number of rotatable bonds is 7. The van der Waals surface area contributed by atoms with Crippen LogP contribution in [0.15, 0.2) is 4.99 Å². The number of sulfonamides is 1. The molecule has 2 aliphatic rings. The van der Waals surface area contributed by atoms with Crippen molar-refractivity contribution in [3.63, 3.8) is 0 Å². The SMILES string of the molecule is CN=CC(C(=O)NN(C)C(=S)C1CC1)S(=O)(=O)NN(C)C(=S)C1CC1. The molecule has 0 heterocycles. The maximum Gasteiger partial charge on any atom is 0.263 e. The summed E-state index contributed by atoms with van der Waals surface area (Å²) in [5.74, 6) is -0.235. The van der Waals surface area contributed by atoms with Crippen molar-refractivity contribution in [1.82, 2.24) is 20.3 Å². The minimum absolute atomic E-state index is 0.219. The highest BCUT2D eigenvalue weighted by atomic mass is 32.2. The Morgan fingerprint density at radius 2 is 1.60 bits per heavy atom. The number of carbonyl (C=O) groups is 1. The first-order valence-corrected chi connectivity index (χ1v) is 10.3. The molecule has 2 N–H and O–H groups in total. The molecular weight excluding hydrogens is 382 g/mol. The predicted molar refractivity (Wildman–Crippen MR) is 105 cm³/mol. The van der Waals surface area contributed by atoms with Gasteiger partial charge in [0, 0.05) is 39.2 Å². The molecule has 1 atom stereocenters. The zero-order chi connectivity index (χ0) is 18.8. The highest BCUT2D eigenvalue weighted by molar-refractivity contribution is 7.91. The molecule has 11 heteroatoms. The Morgan fingerprint density at radius 1 is 1.12 bits per heavy atom. The summed E-state index contributed by atoms with van der Waals surface area (Å²) >= 11 is 10.5. The van der Waals surface area contributed by atoms with Gasteiger partial charge in [0.25, 0.3) is 5.91 Å². The van der Waals surface area contributed by atoms with Crippen molar-refractivity contribution in [2.45, 2.75) is 30.9 Å². The molecule has 0 radical (unpaired) electrons. The second kappa shape index (κ2) is 8.02. The molecule has 0 aromatic rings. The molecule has 0 saturated heterocycles. The summed E-state index contributed by atoms with van der Waals surface area (Å²) in [6.07, 6.45) is 4.97. The Kier molecular flexibility index (Phi) is 6.46. The number of hydrogen-bond acceptors (Lipinski definition) is 6. The molecule has 25 heavy (non-hydrogen) atoms. The molecule has 1 unspecified atom stereocenters. The van der Waals surface area contributed by atoms with Crippen LogP contribution in [0.1, 0.15) is 25.7 Å². The van der Waals surface area contributed by atoms with Crippen molar-refractivity contribution in [3.8, 4) is 0 Å². The van der Waals surface area contributed by atoms with Gasteiger partial charge in [-0.15, -0.1) is 4.83 Å². The van der Waals surface area contributed by atoms with Gasteiger partial charge in [-0.05, 0) is 25.7 Å². The molecule has 0 aliphatic heterocycles. The van der Waals surface area contributed by atoms with E-state index in [1.807, 2.05) is 0 Å². The second-order valence-electron chi connectivity index (χ2n) is 6.28. The number of nitrogens with zero attached hydrogens (tertiary/aromatic N) is 3. The van der Waals surface area contributed by atoms with E-state index >= 15 is 0 Å². The van der Waals surface area contributed by atoms with Crippen LogP contribution in [0.25, 0.3) is 0 Å². The topological polar surface area (TPSA) is 94.1 Å². The summed E-state index contributed by atoms with van der Waals surface area (Å²) in [5.41, 5.74) is 2.52. The first-order valence-electron chi connectivity index (χ1n) is 7.96. The van der Waals surface area contributed by atoms with Crippen LogP contribution >= 0.6 is 24.4 Å². The number of carbonyl (C=O) groups excluding carboxylic acids is 1. The fourth-order valence-electron chi connectivity index (χ4n) is 2.21. The van der Waals surface area contributed by atoms with E-state index in [2.05, 4.69) is 15.2 Å². The van der Waals surface area contributed by atoms with Crippen LogP contribution in [0.3, 0.4) is 0 Å². The quantitative estimate of drug-likeness (QED) is 0.356. The molecule has 2 saturated carbocycles. The van der Waals surface area contributed by atoms with E-state index < -0.39 is 21.2 Å². The minimum atomic E-state index is -4.05. The van der Waals surface area contributed by atoms with Gasteiger partial charge in [-0.25, -0.2) is 8.42 Å². The fraction of sp³-hybridized carbons (Fsp3) is 0.714. The van der Waals surface area contributed by atoms with Crippen LogP contribution in [0.4, 0.5) is 0 Å². The van der Waals surface area contributed by atoms with Gasteiger partial charge in [0.2, 0.25) is 10.0 Å². The van der Waals surface area contributed by atoms with E-state index in [9.17, 15) is 13.2 Å². The Labute approximate surface area is 159 Å². The van der Waals surface area contributed by atoms with Gasteiger partial charge in [0.15, 0.2) is 5.25 Å². The molecule has 8 nitrogen and oxygen atoms in total. The minimum Gasteiger partial charge on any atom is -0.299 e. The Morgan fingerprint density at radius 3 is 2.04 bits per heavy atom. The molecule has 0 aromatic heterocycles. The van der Waals surface area contributed by atoms with Crippen LogP contribution in [0.5, 0.6) is 0 Å². The van der Waals surface area contributed by atoms with Gasteiger partial charge >= 0.3 is 0 Å². The van der Waals surface area contributed by atoms with Gasteiger partial charge in [0.1, 0.15) is 0 Å². The summed E-state index contributed by atoms with van der Waals surface area (Å²) < 4.78 is 25.2. The van der Waals surface area contributed by atoms with Crippen molar-refractivity contribution in [3.05, 3.63) is 0 Å². The van der Waals surface area contributed by atoms with Gasteiger partial charge < -0.3 is 0 Å². The van der Waals surface area contributed by atoms with E-state index in [0.29, 0.717) is 9.98 Å². The standard InChI is InChI=1S/C14H23N5O3S3/c1-15-8-11(12(20)16-18(2)13(23)9-4-5-9)25(21,22)17-19(3)14(24)10-6-7-10/h8-11,17H,4-7H2,1-3H3,(H,16,20). The predicted octanol–water partition coefficient (Wildman–Crippen LogP) is 0.260. The third-order valence-corrected chi connectivity index (χ3v) is 6.68. The fourth-order valence-corrected chi connectivity index (χ4v) is 4.04. The van der Waals surface area contributed by atoms with Gasteiger partial charge in [0.05, 0.1) is 9.98 Å². The highest BCUT2D eigenvalue weighted by Gasteiger charge is 2.36. The number of amides is 1. The molecular formula is C14H23N5O3S3. The Hall–Kier alpha value is -1.17. The van der Waals surface area contributed by atoms with Crippen molar-refractivity contribution in [2.75, 3.05) is 21.1 Å². The largest absolute Gasteiger partial charge is 0.299 e. The first-order chi connectivity index (χ1) is 11.7. The van der Waals surface area contributed by atoms with Gasteiger partial charge in [-0.1, -0.05) is 24.4 Å². The molecule has 1 amide bonds. The average Bonchev–Trinajstić information content (AvgIpc) is 3.41. The van der Waals surface area contributed by atoms with E-state index in [1.165, 1.54) is 24.1 Å². The zero-order valence-corrected chi connectivity index (χ0v) is 16.9. The molecule has 2 aliphatic carbocycles. The summed E-state index contributed by atoms with van der Waals surface area (Å²) in [6, 6.07) is 0. The third kappa shape index (κ3) is 5.40. The summed E-state index contributed by atoms with van der Waals surface area (Å²) in [7, 11) is 0.494. The van der Waals surface area contributed by atoms with Gasteiger partial charge in [-0.2, -0.15) is 0 Å². The lowest BCUT2D eigenvalue weighted by Gasteiger charge is -2.25. The van der Waals surface area contributed by atoms with E-state index in [0.717, 1.165) is 31.9 Å². The van der Waals surface area contributed by atoms with Crippen LogP contribution in [-0.2, 0) is 14.8 Å². The molecule has 2 fully saturated rings. The lowest BCUT2D eigenvalue weighted by Crippen LogP contribution is -2.55. The monoisotopic (exact) mass is 405 g/mol. The maximum atomic E-state index is 12.6. The maximum absolute atomic E-state index is 12.6. The molecule has 0 aromatic carbocycles. The number of hydrazine groups is 2. The number of aliphatic imine (C=N–C) groups is 1.